The Balaban J connectivity index is 1.73. The van der Waals surface area contributed by atoms with Crippen molar-refractivity contribution in [3.63, 3.8) is 0 Å². The van der Waals surface area contributed by atoms with Crippen molar-refractivity contribution in [2.75, 3.05) is 16.0 Å². The predicted octanol–water partition coefficient (Wildman–Crippen LogP) is 8.81. The van der Waals surface area contributed by atoms with Crippen LogP contribution in [-0.2, 0) is 0 Å². The molecule has 0 spiro atoms. The van der Waals surface area contributed by atoms with E-state index in [9.17, 15) is 14.4 Å². The van der Waals surface area contributed by atoms with E-state index in [4.69, 9.17) is 0 Å². The van der Waals surface area contributed by atoms with Crippen molar-refractivity contribution >= 4 is 34.8 Å². The van der Waals surface area contributed by atoms with Gasteiger partial charge in [0.15, 0.2) is 0 Å². The van der Waals surface area contributed by atoms with Crippen LogP contribution in [0.2, 0.25) is 0 Å². The first-order valence-corrected chi connectivity index (χ1v) is 14.4. The van der Waals surface area contributed by atoms with Crippen LogP contribution in [0.5, 0.6) is 0 Å². The third kappa shape index (κ3) is 7.13. The summed E-state index contributed by atoms with van der Waals surface area (Å²) in [6, 6.07) is 27.4. The Morgan fingerprint density at radius 3 is 0.905 bits per heavy atom. The zero-order valence-electron chi connectivity index (χ0n) is 25.1. The van der Waals surface area contributed by atoms with Gasteiger partial charge in [0.2, 0.25) is 0 Å². The lowest BCUT2D eigenvalue weighted by molar-refractivity contribution is 0.102. The summed E-state index contributed by atoms with van der Waals surface area (Å²) in [4.78, 5) is 40.7. The molecule has 0 aliphatic heterocycles. The number of benzene rings is 4. The maximum absolute atomic E-state index is 13.6. The van der Waals surface area contributed by atoms with Crippen LogP contribution in [0.1, 0.15) is 107 Å². The van der Waals surface area contributed by atoms with Crippen molar-refractivity contribution < 1.29 is 14.4 Å². The van der Waals surface area contributed by atoms with Gasteiger partial charge in [-0.15, -0.1) is 0 Å². The molecule has 0 aliphatic carbocycles. The minimum atomic E-state index is -0.406. The van der Waals surface area contributed by atoms with Gasteiger partial charge in [0.05, 0.1) is 0 Å². The Bertz CT molecular complexity index is 1400. The molecule has 0 heterocycles. The average molecular weight is 562 g/mol. The van der Waals surface area contributed by atoms with Crippen molar-refractivity contribution in [3.8, 4) is 0 Å². The van der Waals surface area contributed by atoms with E-state index in [0.29, 0.717) is 17.1 Å². The molecule has 42 heavy (non-hydrogen) atoms. The number of rotatable bonds is 9. The summed E-state index contributed by atoms with van der Waals surface area (Å²) in [5.74, 6) is -0.628. The first kappa shape index (κ1) is 30.3. The summed E-state index contributed by atoms with van der Waals surface area (Å²) >= 11 is 0. The lowest BCUT2D eigenvalue weighted by Crippen LogP contribution is -2.20. The molecule has 0 unspecified atom stereocenters. The highest BCUT2D eigenvalue weighted by Gasteiger charge is 2.20. The number of para-hydroxylation sites is 3. The second kappa shape index (κ2) is 13.3. The molecular weight excluding hydrogens is 522 g/mol. The van der Waals surface area contributed by atoms with Crippen LogP contribution in [0.4, 0.5) is 17.1 Å². The zero-order valence-corrected chi connectivity index (χ0v) is 25.1. The number of amides is 3. The van der Waals surface area contributed by atoms with E-state index in [-0.39, 0.29) is 34.4 Å². The number of anilines is 3. The SMILES string of the molecule is CC(C)c1ccccc1NC(=O)c1cc(C(=O)Nc2ccccc2C(C)C)cc(C(=O)Nc2ccccc2C(C)C)c1. The molecule has 4 rings (SSSR count). The fraction of sp³-hybridized carbons (Fsp3) is 0.250. The molecule has 0 aromatic heterocycles. The lowest BCUT2D eigenvalue weighted by atomic mass is 9.99. The molecule has 6 heteroatoms. The van der Waals surface area contributed by atoms with Crippen molar-refractivity contribution in [3.05, 3.63) is 124 Å². The summed E-state index contributed by atoms with van der Waals surface area (Å²) < 4.78 is 0. The Morgan fingerprint density at radius 2 is 0.667 bits per heavy atom. The summed E-state index contributed by atoms with van der Waals surface area (Å²) in [6.45, 7) is 12.3. The average Bonchev–Trinajstić information content (AvgIpc) is 2.97. The van der Waals surface area contributed by atoms with Gasteiger partial charge >= 0.3 is 0 Å². The molecule has 0 saturated carbocycles. The van der Waals surface area contributed by atoms with Gasteiger partial charge in [-0.3, -0.25) is 14.4 Å². The van der Waals surface area contributed by atoms with Crippen LogP contribution in [0, 0.1) is 0 Å². The monoisotopic (exact) mass is 561 g/mol. The molecule has 0 radical (unpaired) electrons. The van der Waals surface area contributed by atoms with E-state index < -0.39 is 17.7 Å². The Morgan fingerprint density at radius 1 is 0.429 bits per heavy atom. The Hall–Kier alpha value is -4.71. The van der Waals surface area contributed by atoms with Gasteiger partial charge in [0, 0.05) is 33.8 Å². The van der Waals surface area contributed by atoms with Crippen LogP contribution < -0.4 is 16.0 Å². The number of hydrogen-bond acceptors (Lipinski definition) is 3. The minimum Gasteiger partial charge on any atom is -0.322 e. The van der Waals surface area contributed by atoms with Crippen molar-refractivity contribution in [2.24, 2.45) is 0 Å². The second-order valence-corrected chi connectivity index (χ2v) is 11.4. The van der Waals surface area contributed by atoms with E-state index in [1.807, 2.05) is 72.8 Å². The van der Waals surface area contributed by atoms with Crippen molar-refractivity contribution in [2.45, 2.75) is 59.3 Å². The maximum Gasteiger partial charge on any atom is 0.255 e. The molecular formula is C36H39N3O3. The Labute approximate surface area is 248 Å². The molecule has 0 aliphatic rings. The minimum absolute atomic E-state index is 0.196. The van der Waals surface area contributed by atoms with Gasteiger partial charge in [0.1, 0.15) is 0 Å². The smallest absolute Gasteiger partial charge is 0.255 e. The second-order valence-electron chi connectivity index (χ2n) is 11.4. The molecule has 4 aromatic carbocycles. The highest BCUT2D eigenvalue weighted by atomic mass is 16.2. The molecule has 216 valence electrons. The molecule has 3 N–H and O–H groups in total. The molecule has 0 bridgehead atoms. The van der Waals surface area contributed by atoms with E-state index >= 15 is 0 Å². The van der Waals surface area contributed by atoms with E-state index in [0.717, 1.165) is 16.7 Å². The number of hydrogen-bond donors (Lipinski definition) is 3. The topological polar surface area (TPSA) is 87.3 Å². The normalized spacial score (nSPS) is 11.1. The van der Waals surface area contributed by atoms with Gasteiger partial charge in [-0.25, -0.2) is 0 Å². The first-order chi connectivity index (χ1) is 20.0. The quantitative estimate of drug-likeness (QED) is 0.191. The highest BCUT2D eigenvalue weighted by Crippen LogP contribution is 2.28. The molecule has 0 saturated heterocycles. The van der Waals surface area contributed by atoms with Gasteiger partial charge in [-0.1, -0.05) is 96.1 Å². The summed E-state index contributed by atoms with van der Waals surface area (Å²) in [5.41, 5.74) is 5.68. The number of carbonyl (C=O) groups excluding carboxylic acids is 3. The molecule has 6 nitrogen and oxygen atoms in total. The summed E-state index contributed by atoms with van der Waals surface area (Å²) in [7, 11) is 0. The largest absolute Gasteiger partial charge is 0.322 e. The third-order valence-electron chi connectivity index (χ3n) is 7.21. The van der Waals surface area contributed by atoms with Crippen LogP contribution in [-0.4, -0.2) is 17.7 Å². The summed E-state index contributed by atoms with van der Waals surface area (Å²) in [5, 5.41) is 8.96. The van der Waals surface area contributed by atoms with E-state index in [1.165, 1.54) is 18.2 Å². The Kier molecular flexibility index (Phi) is 9.58. The highest BCUT2D eigenvalue weighted by molar-refractivity contribution is 6.13. The predicted molar refractivity (Wildman–Crippen MR) is 172 cm³/mol. The lowest BCUT2D eigenvalue weighted by Gasteiger charge is -2.17. The van der Waals surface area contributed by atoms with E-state index in [1.54, 1.807) is 0 Å². The molecule has 3 amide bonds. The van der Waals surface area contributed by atoms with Crippen molar-refractivity contribution in [1.29, 1.82) is 0 Å². The molecule has 4 aromatic rings. The van der Waals surface area contributed by atoms with Gasteiger partial charge in [-0.2, -0.15) is 0 Å². The van der Waals surface area contributed by atoms with Gasteiger partial charge < -0.3 is 16.0 Å². The van der Waals surface area contributed by atoms with Crippen LogP contribution in [0.25, 0.3) is 0 Å². The zero-order chi connectivity index (χ0) is 30.4. The number of carbonyl (C=O) groups is 3. The molecule has 0 atom stereocenters. The fourth-order valence-electron chi connectivity index (χ4n) is 4.95. The third-order valence-corrected chi connectivity index (χ3v) is 7.21. The molecule has 0 fully saturated rings. The van der Waals surface area contributed by atoms with Gasteiger partial charge in [0.25, 0.3) is 17.7 Å². The van der Waals surface area contributed by atoms with Crippen molar-refractivity contribution in [1.82, 2.24) is 0 Å². The van der Waals surface area contributed by atoms with Crippen LogP contribution in [0.15, 0.2) is 91.0 Å². The fourth-order valence-corrected chi connectivity index (χ4v) is 4.95. The van der Waals surface area contributed by atoms with Gasteiger partial charge in [-0.05, 0) is 70.8 Å². The van der Waals surface area contributed by atoms with E-state index in [2.05, 4.69) is 57.5 Å². The summed E-state index contributed by atoms with van der Waals surface area (Å²) in [6.07, 6.45) is 0. The maximum atomic E-state index is 13.6. The standard InChI is InChI=1S/C36H39N3O3/c1-22(2)28-13-7-10-16-31(28)37-34(40)25-19-26(35(41)38-32-17-11-8-14-29(32)23(3)4)21-27(20-25)36(42)39-33-18-12-9-15-30(33)24(5)6/h7-24H,1-6H3,(H,37,40)(H,38,41)(H,39,42). The van der Waals surface area contributed by atoms with Crippen LogP contribution >= 0.6 is 0 Å². The number of nitrogens with one attached hydrogen (secondary N) is 3. The first-order valence-electron chi connectivity index (χ1n) is 14.4. The van der Waals surface area contributed by atoms with Crippen LogP contribution in [0.3, 0.4) is 0 Å².